The third kappa shape index (κ3) is 4.63. The number of carbonyl (C=O) groups is 1. The Morgan fingerprint density at radius 2 is 2.00 bits per heavy atom. The zero-order chi connectivity index (χ0) is 15.2. The van der Waals surface area contributed by atoms with Gasteiger partial charge in [-0.15, -0.1) is 0 Å². The van der Waals surface area contributed by atoms with E-state index in [0.29, 0.717) is 19.6 Å². The van der Waals surface area contributed by atoms with E-state index in [1.165, 1.54) is 0 Å². The van der Waals surface area contributed by atoms with E-state index in [9.17, 15) is 4.79 Å². The van der Waals surface area contributed by atoms with Crippen LogP contribution in [0.4, 0.5) is 0 Å². The highest BCUT2D eigenvalue weighted by atomic mass is 16.5. The molecule has 2 rings (SSSR count). The molecular formula is C16H21N3O2. The van der Waals surface area contributed by atoms with Gasteiger partial charge < -0.3 is 10.1 Å². The molecule has 2 aromatic rings. The molecule has 5 heteroatoms. The van der Waals surface area contributed by atoms with Crippen molar-refractivity contribution >= 4 is 5.91 Å². The van der Waals surface area contributed by atoms with Crippen LogP contribution < -0.4 is 10.1 Å². The number of carbonyl (C=O) groups excluding carboxylic acids is 1. The van der Waals surface area contributed by atoms with Crippen LogP contribution >= 0.6 is 0 Å². The van der Waals surface area contributed by atoms with E-state index in [2.05, 4.69) is 16.5 Å². The highest BCUT2D eigenvalue weighted by molar-refractivity contribution is 5.75. The monoisotopic (exact) mass is 287 g/mol. The molecule has 21 heavy (non-hydrogen) atoms. The first kappa shape index (κ1) is 15.1. The lowest BCUT2D eigenvalue weighted by atomic mass is 10.1. The number of benzene rings is 1. The summed E-state index contributed by atoms with van der Waals surface area (Å²) in [6, 6.07) is 7.92. The standard InChI is InChI=1S/C16H21N3O2/c1-12-8-13(2)10-15(9-12)21-7-5-16(20)17-11-14-4-6-18-19(14)3/h4,6,8-10H,5,7,11H2,1-3H3,(H,17,20). The molecule has 1 amide bonds. The van der Waals surface area contributed by atoms with Crippen molar-refractivity contribution < 1.29 is 9.53 Å². The first-order valence-electron chi connectivity index (χ1n) is 6.99. The van der Waals surface area contributed by atoms with Crippen molar-refractivity contribution in [2.45, 2.75) is 26.8 Å². The normalized spacial score (nSPS) is 10.4. The number of amides is 1. The summed E-state index contributed by atoms with van der Waals surface area (Å²) in [5, 5.41) is 6.91. The maximum atomic E-state index is 11.8. The Bertz CT molecular complexity index is 599. The number of ether oxygens (including phenoxy) is 1. The van der Waals surface area contributed by atoms with Gasteiger partial charge in [-0.2, -0.15) is 5.10 Å². The van der Waals surface area contributed by atoms with Crippen LogP contribution in [0.5, 0.6) is 5.75 Å². The number of hydrogen-bond acceptors (Lipinski definition) is 3. The third-order valence-electron chi connectivity index (χ3n) is 3.18. The van der Waals surface area contributed by atoms with Gasteiger partial charge in [-0.05, 0) is 43.2 Å². The minimum Gasteiger partial charge on any atom is -0.493 e. The molecule has 0 saturated heterocycles. The van der Waals surface area contributed by atoms with Gasteiger partial charge in [0.25, 0.3) is 0 Å². The van der Waals surface area contributed by atoms with Crippen LogP contribution in [0.15, 0.2) is 30.5 Å². The summed E-state index contributed by atoms with van der Waals surface area (Å²) in [6.45, 7) is 4.92. The van der Waals surface area contributed by atoms with E-state index in [0.717, 1.165) is 22.6 Å². The SMILES string of the molecule is Cc1cc(C)cc(OCCC(=O)NCc2ccnn2C)c1. The van der Waals surface area contributed by atoms with Crippen molar-refractivity contribution in [1.82, 2.24) is 15.1 Å². The van der Waals surface area contributed by atoms with Crippen LogP contribution in [-0.4, -0.2) is 22.3 Å². The van der Waals surface area contributed by atoms with Crippen molar-refractivity contribution in [1.29, 1.82) is 0 Å². The van der Waals surface area contributed by atoms with Crippen LogP contribution in [0.2, 0.25) is 0 Å². The molecule has 0 radical (unpaired) electrons. The first-order chi connectivity index (χ1) is 10.0. The molecule has 0 spiro atoms. The Hall–Kier alpha value is -2.30. The Labute approximate surface area is 124 Å². The molecule has 0 bridgehead atoms. The van der Waals surface area contributed by atoms with Crippen molar-refractivity contribution in [3.05, 3.63) is 47.3 Å². The summed E-state index contributed by atoms with van der Waals surface area (Å²) in [6.07, 6.45) is 2.05. The fraction of sp³-hybridized carbons (Fsp3) is 0.375. The number of aryl methyl sites for hydroxylation is 3. The van der Waals surface area contributed by atoms with Crippen LogP contribution in [0.25, 0.3) is 0 Å². The topological polar surface area (TPSA) is 56.1 Å². The summed E-state index contributed by atoms with van der Waals surface area (Å²) in [4.78, 5) is 11.8. The fourth-order valence-electron chi connectivity index (χ4n) is 2.13. The predicted molar refractivity (Wildman–Crippen MR) is 81.1 cm³/mol. The van der Waals surface area contributed by atoms with E-state index in [-0.39, 0.29) is 5.91 Å². The van der Waals surface area contributed by atoms with E-state index < -0.39 is 0 Å². The van der Waals surface area contributed by atoms with Gasteiger partial charge in [-0.25, -0.2) is 0 Å². The quantitative estimate of drug-likeness (QED) is 0.885. The fourth-order valence-corrected chi connectivity index (χ4v) is 2.13. The summed E-state index contributed by atoms with van der Waals surface area (Å²) in [5.74, 6) is 0.785. The summed E-state index contributed by atoms with van der Waals surface area (Å²) < 4.78 is 7.36. The lowest BCUT2D eigenvalue weighted by Crippen LogP contribution is -2.25. The minimum absolute atomic E-state index is 0.0272. The van der Waals surface area contributed by atoms with Gasteiger partial charge in [0.1, 0.15) is 5.75 Å². The van der Waals surface area contributed by atoms with Crippen LogP contribution in [0.1, 0.15) is 23.2 Å². The number of rotatable bonds is 6. The molecule has 0 aliphatic heterocycles. The molecule has 1 aromatic carbocycles. The molecule has 1 aromatic heterocycles. The number of hydrogen-bond donors (Lipinski definition) is 1. The Balaban J connectivity index is 1.73. The lowest BCUT2D eigenvalue weighted by Gasteiger charge is -2.09. The van der Waals surface area contributed by atoms with Crippen LogP contribution in [0, 0.1) is 13.8 Å². The molecule has 0 aliphatic carbocycles. The van der Waals surface area contributed by atoms with Crippen molar-refractivity contribution in [2.24, 2.45) is 7.05 Å². The molecule has 0 unspecified atom stereocenters. The van der Waals surface area contributed by atoms with Gasteiger partial charge in [0, 0.05) is 13.2 Å². The number of nitrogens with one attached hydrogen (secondary N) is 1. The predicted octanol–water partition coefficient (Wildman–Crippen LogP) is 2.12. The van der Waals surface area contributed by atoms with Gasteiger partial charge in [0.2, 0.25) is 5.91 Å². The van der Waals surface area contributed by atoms with Gasteiger partial charge in [0.15, 0.2) is 0 Å². The highest BCUT2D eigenvalue weighted by Gasteiger charge is 2.04. The molecule has 5 nitrogen and oxygen atoms in total. The van der Waals surface area contributed by atoms with E-state index in [1.807, 2.05) is 39.1 Å². The molecule has 112 valence electrons. The first-order valence-corrected chi connectivity index (χ1v) is 6.99. The van der Waals surface area contributed by atoms with Crippen molar-refractivity contribution in [2.75, 3.05) is 6.61 Å². The maximum absolute atomic E-state index is 11.8. The molecular weight excluding hydrogens is 266 g/mol. The number of nitrogens with zero attached hydrogens (tertiary/aromatic N) is 2. The zero-order valence-corrected chi connectivity index (χ0v) is 12.7. The molecule has 0 saturated carbocycles. The Morgan fingerprint density at radius 1 is 1.29 bits per heavy atom. The molecule has 1 heterocycles. The zero-order valence-electron chi connectivity index (χ0n) is 12.7. The van der Waals surface area contributed by atoms with E-state index in [1.54, 1.807) is 10.9 Å². The smallest absolute Gasteiger partial charge is 0.223 e. The molecule has 1 N–H and O–H groups in total. The van der Waals surface area contributed by atoms with Gasteiger partial charge >= 0.3 is 0 Å². The average Bonchev–Trinajstić information content (AvgIpc) is 2.81. The number of aromatic nitrogens is 2. The maximum Gasteiger partial charge on any atom is 0.223 e. The van der Waals surface area contributed by atoms with Gasteiger partial charge in [-0.3, -0.25) is 9.48 Å². The minimum atomic E-state index is -0.0272. The van der Waals surface area contributed by atoms with Gasteiger partial charge in [-0.1, -0.05) is 6.07 Å². The summed E-state index contributed by atoms with van der Waals surface area (Å²) in [7, 11) is 1.85. The lowest BCUT2D eigenvalue weighted by molar-refractivity contribution is -0.121. The van der Waals surface area contributed by atoms with Crippen molar-refractivity contribution in [3.8, 4) is 5.75 Å². The highest BCUT2D eigenvalue weighted by Crippen LogP contribution is 2.16. The van der Waals surface area contributed by atoms with Gasteiger partial charge in [0.05, 0.1) is 25.3 Å². The molecule has 0 atom stereocenters. The second-order valence-electron chi connectivity index (χ2n) is 5.14. The second kappa shape index (κ2) is 6.92. The summed E-state index contributed by atoms with van der Waals surface area (Å²) in [5.41, 5.74) is 3.29. The van der Waals surface area contributed by atoms with Crippen molar-refractivity contribution in [3.63, 3.8) is 0 Å². The van der Waals surface area contributed by atoms with Crippen LogP contribution in [-0.2, 0) is 18.4 Å². The average molecular weight is 287 g/mol. The van der Waals surface area contributed by atoms with E-state index >= 15 is 0 Å². The second-order valence-corrected chi connectivity index (χ2v) is 5.14. The van der Waals surface area contributed by atoms with Crippen LogP contribution in [0.3, 0.4) is 0 Å². The molecule has 0 fully saturated rings. The third-order valence-corrected chi connectivity index (χ3v) is 3.18. The summed E-state index contributed by atoms with van der Waals surface area (Å²) >= 11 is 0. The molecule has 0 aliphatic rings. The Kier molecular flexibility index (Phi) is 4.98. The largest absolute Gasteiger partial charge is 0.493 e. The Morgan fingerprint density at radius 3 is 2.62 bits per heavy atom. The van der Waals surface area contributed by atoms with E-state index in [4.69, 9.17) is 4.74 Å².